The quantitative estimate of drug-likeness (QED) is 0.748. The maximum atomic E-state index is 4.99. The van der Waals surface area contributed by atoms with Crippen LogP contribution in [-0.2, 0) is 17.6 Å². The second kappa shape index (κ2) is 8.11. The Morgan fingerprint density at radius 3 is 2.81 bits per heavy atom. The Morgan fingerprint density at radius 2 is 2.05 bits per heavy atom. The summed E-state index contributed by atoms with van der Waals surface area (Å²) in [5.74, 6) is 0. The Labute approximate surface area is 129 Å². The van der Waals surface area contributed by atoms with Crippen molar-refractivity contribution in [1.82, 2.24) is 25.7 Å². The van der Waals surface area contributed by atoms with E-state index in [9.17, 15) is 0 Å². The molecule has 0 aliphatic heterocycles. The van der Waals surface area contributed by atoms with E-state index in [2.05, 4.69) is 32.6 Å². The van der Waals surface area contributed by atoms with Gasteiger partial charge in [0.25, 0.3) is 0 Å². The fraction of sp³-hybridized carbons (Fsp3) is 0.571. The third-order valence-corrected chi connectivity index (χ3v) is 4.04. The van der Waals surface area contributed by atoms with Gasteiger partial charge in [-0.05, 0) is 19.4 Å². The lowest BCUT2D eigenvalue weighted by molar-refractivity contribution is 0.199. The molecular weight excluding hydrogens is 286 g/mol. The van der Waals surface area contributed by atoms with Crippen molar-refractivity contribution in [1.29, 1.82) is 0 Å². The predicted octanol–water partition coefficient (Wildman–Crippen LogP) is 1.64. The molecule has 0 spiro atoms. The lowest BCUT2D eigenvalue weighted by atomic mass is 10.1. The first-order valence-electron chi connectivity index (χ1n) is 7.10. The summed E-state index contributed by atoms with van der Waals surface area (Å²) in [5, 5.41) is 22.2. The molecule has 2 aromatic rings. The second-order valence-electron chi connectivity index (χ2n) is 4.69. The Morgan fingerprint density at radius 1 is 1.19 bits per heavy atom. The van der Waals surface area contributed by atoms with Crippen LogP contribution in [0.4, 0.5) is 0 Å². The number of rotatable bonds is 8. The molecule has 0 bridgehead atoms. The van der Waals surface area contributed by atoms with E-state index >= 15 is 0 Å². The summed E-state index contributed by atoms with van der Waals surface area (Å²) in [6, 6.07) is 2.03. The Kier molecular flexibility index (Phi) is 6.16. The molecule has 0 fully saturated rings. The number of methoxy groups -OCH3 is 1. The number of ether oxygens (including phenoxy) is 1. The number of hydrogen-bond acceptors (Lipinski definition) is 7. The molecule has 0 radical (unpaired) electrons. The van der Waals surface area contributed by atoms with Crippen molar-refractivity contribution in [2.24, 2.45) is 0 Å². The molecular formula is C14H21N5OS. The van der Waals surface area contributed by atoms with E-state index in [0.717, 1.165) is 59.5 Å². The average Bonchev–Trinajstić information content (AvgIpc) is 2.96. The van der Waals surface area contributed by atoms with E-state index in [1.165, 1.54) is 0 Å². The second-order valence-corrected chi connectivity index (χ2v) is 5.76. The highest BCUT2D eigenvalue weighted by molar-refractivity contribution is 7.14. The molecule has 7 heteroatoms. The van der Waals surface area contributed by atoms with Crippen LogP contribution in [0.2, 0.25) is 0 Å². The van der Waals surface area contributed by atoms with E-state index in [0.29, 0.717) is 0 Å². The molecule has 0 atom stereocenters. The van der Waals surface area contributed by atoms with Gasteiger partial charge in [0.05, 0.1) is 18.0 Å². The van der Waals surface area contributed by atoms with Gasteiger partial charge < -0.3 is 10.1 Å². The molecule has 0 amide bonds. The van der Waals surface area contributed by atoms with Crippen LogP contribution in [-0.4, -0.2) is 47.2 Å². The molecule has 6 nitrogen and oxygen atoms in total. The zero-order chi connectivity index (χ0) is 15.1. The first kappa shape index (κ1) is 15.9. The lowest BCUT2D eigenvalue weighted by Crippen LogP contribution is -2.21. The van der Waals surface area contributed by atoms with Gasteiger partial charge in [0, 0.05) is 32.2 Å². The van der Waals surface area contributed by atoms with Crippen LogP contribution in [0.25, 0.3) is 10.6 Å². The number of nitrogens with one attached hydrogen (secondary N) is 1. The largest absolute Gasteiger partial charge is 0.383 e. The summed E-state index contributed by atoms with van der Waals surface area (Å²) < 4.78 is 4.99. The predicted molar refractivity (Wildman–Crippen MR) is 83.5 cm³/mol. The standard InChI is InChI=1S/C14H21N5OS/c1-4-12-11(9-10(2)16-17-12)14-19-18-13(21-14)5-6-15-7-8-20-3/h9,15H,4-8H2,1-3H3. The summed E-state index contributed by atoms with van der Waals surface area (Å²) in [4.78, 5) is 0. The average molecular weight is 307 g/mol. The molecule has 21 heavy (non-hydrogen) atoms. The maximum absolute atomic E-state index is 4.99. The topological polar surface area (TPSA) is 72.8 Å². The summed E-state index contributed by atoms with van der Waals surface area (Å²) in [6.07, 6.45) is 1.72. The first-order valence-corrected chi connectivity index (χ1v) is 7.91. The summed E-state index contributed by atoms with van der Waals surface area (Å²) in [5.41, 5.74) is 2.93. The maximum Gasteiger partial charge on any atom is 0.149 e. The van der Waals surface area contributed by atoms with Crippen LogP contribution in [0.15, 0.2) is 6.07 Å². The molecule has 1 N–H and O–H groups in total. The van der Waals surface area contributed by atoms with E-state index in [1.54, 1.807) is 18.4 Å². The van der Waals surface area contributed by atoms with Gasteiger partial charge in [-0.15, -0.1) is 10.2 Å². The summed E-state index contributed by atoms with van der Waals surface area (Å²) >= 11 is 1.63. The van der Waals surface area contributed by atoms with Gasteiger partial charge in [-0.1, -0.05) is 18.3 Å². The number of nitrogens with zero attached hydrogens (tertiary/aromatic N) is 4. The van der Waals surface area contributed by atoms with Gasteiger partial charge in [-0.25, -0.2) is 0 Å². The molecule has 0 unspecified atom stereocenters. The third-order valence-electron chi connectivity index (χ3n) is 3.02. The van der Waals surface area contributed by atoms with Crippen LogP contribution in [0.3, 0.4) is 0 Å². The minimum absolute atomic E-state index is 0.725. The Balaban J connectivity index is 2.01. The third kappa shape index (κ3) is 4.52. The summed E-state index contributed by atoms with van der Waals surface area (Å²) in [6.45, 7) is 6.48. The fourth-order valence-electron chi connectivity index (χ4n) is 1.92. The number of hydrogen-bond donors (Lipinski definition) is 1. The van der Waals surface area contributed by atoms with Crippen LogP contribution < -0.4 is 5.32 Å². The molecule has 0 aliphatic rings. The van der Waals surface area contributed by atoms with Crippen LogP contribution >= 0.6 is 11.3 Å². The number of aryl methyl sites for hydroxylation is 2. The highest BCUT2D eigenvalue weighted by Gasteiger charge is 2.12. The fourth-order valence-corrected chi connectivity index (χ4v) is 2.80. The lowest BCUT2D eigenvalue weighted by Gasteiger charge is -2.03. The van der Waals surface area contributed by atoms with Crippen molar-refractivity contribution in [3.05, 3.63) is 22.5 Å². The summed E-state index contributed by atoms with van der Waals surface area (Å²) in [7, 11) is 1.70. The molecule has 114 valence electrons. The van der Waals surface area contributed by atoms with Gasteiger partial charge in [-0.3, -0.25) is 0 Å². The normalized spacial score (nSPS) is 11.0. The van der Waals surface area contributed by atoms with Crippen molar-refractivity contribution < 1.29 is 4.74 Å². The molecule has 0 saturated heterocycles. The van der Waals surface area contributed by atoms with Gasteiger partial charge in [-0.2, -0.15) is 10.2 Å². The van der Waals surface area contributed by atoms with Gasteiger partial charge in [0.1, 0.15) is 10.0 Å². The van der Waals surface area contributed by atoms with Gasteiger partial charge in [0.15, 0.2) is 0 Å². The molecule has 0 saturated carbocycles. The van der Waals surface area contributed by atoms with Crippen molar-refractivity contribution in [2.75, 3.05) is 26.8 Å². The van der Waals surface area contributed by atoms with Crippen molar-refractivity contribution in [3.63, 3.8) is 0 Å². The van der Waals surface area contributed by atoms with Gasteiger partial charge in [0.2, 0.25) is 0 Å². The van der Waals surface area contributed by atoms with E-state index in [4.69, 9.17) is 4.74 Å². The van der Waals surface area contributed by atoms with Crippen LogP contribution in [0, 0.1) is 6.92 Å². The Bertz CT molecular complexity index is 572. The van der Waals surface area contributed by atoms with E-state index < -0.39 is 0 Å². The van der Waals surface area contributed by atoms with E-state index in [-0.39, 0.29) is 0 Å². The Hall–Kier alpha value is -1.44. The smallest absolute Gasteiger partial charge is 0.149 e. The zero-order valence-corrected chi connectivity index (χ0v) is 13.5. The molecule has 0 aromatic carbocycles. The highest BCUT2D eigenvalue weighted by Crippen LogP contribution is 2.26. The first-order chi connectivity index (χ1) is 10.2. The van der Waals surface area contributed by atoms with Crippen LogP contribution in [0.1, 0.15) is 23.3 Å². The van der Waals surface area contributed by atoms with Crippen molar-refractivity contribution in [3.8, 4) is 10.6 Å². The highest BCUT2D eigenvalue weighted by atomic mass is 32.1. The zero-order valence-electron chi connectivity index (χ0n) is 12.7. The molecule has 2 heterocycles. The monoisotopic (exact) mass is 307 g/mol. The minimum atomic E-state index is 0.725. The van der Waals surface area contributed by atoms with Crippen molar-refractivity contribution in [2.45, 2.75) is 26.7 Å². The molecule has 2 rings (SSSR count). The number of aromatic nitrogens is 4. The van der Waals surface area contributed by atoms with Crippen molar-refractivity contribution >= 4 is 11.3 Å². The van der Waals surface area contributed by atoms with Gasteiger partial charge >= 0.3 is 0 Å². The molecule has 2 aromatic heterocycles. The van der Waals surface area contributed by atoms with Crippen LogP contribution in [0.5, 0.6) is 0 Å². The SMILES string of the molecule is CCc1nnc(C)cc1-c1nnc(CCNCCOC)s1. The van der Waals surface area contributed by atoms with E-state index in [1.807, 2.05) is 13.0 Å². The minimum Gasteiger partial charge on any atom is -0.383 e. The molecule has 0 aliphatic carbocycles.